The quantitative estimate of drug-likeness (QED) is 0.647. The molecule has 2 heteroatoms. The van der Waals surface area contributed by atoms with Gasteiger partial charge in [-0.15, -0.1) is 0 Å². The van der Waals surface area contributed by atoms with Crippen molar-refractivity contribution in [1.29, 1.82) is 0 Å². The molecule has 2 nitrogen and oxygen atoms in total. The number of carbonyl (C=O) groups excluding carboxylic acids is 1. The lowest BCUT2D eigenvalue weighted by Crippen LogP contribution is -2.06. The lowest BCUT2D eigenvalue weighted by atomic mass is 10.00. The van der Waals surface area contributed by atoms with Crippen LogP contribution in [-0.2, 0) is 11.2 Å². The molecule has 0 spiro atoms. The second kappa shape index (κ2) is 4.08. The van der Waals surface area contributed by atoms with Gasteiger partial charge >= 0.3 is 5.97 Å². The second-order valence-corrected chi connectivity index (χ2v) is 2.79. The highest BCUT2D eigenvalue weighted by molar-refractivity contribution is 5.91. The van der Waals surface area contributed by atoms with E-state index in [2.05, 4.69) is 11.7 Å². The van der Waals surface area contributed by atoms with Gasteiger partial charge in [0.15, 0.2) is 0 Å². The number of hydrogen-bond donors (Lipinski definition) is 0. The van der Waals surface area contributed by atoms with Crippen LogP contribution in [0.15, 0.2) is 18.2 Å². The summed E-state index contributed by atoms with van der Waals surface area (Å²) in [5.41, 5.74) is 2.48. The van der Waals surface area contributed by atoms with Gasteiger partial charge in [-0.3, -0.25) is 0 Å². The maximum atomic E-state index is 11.3. The average molecular weight is 177 g/mol. The molecule has 69 valence electrons. The Hall–Kier alpha value is -1.31. The number of carbonyl (C=O) groups is 1. The first-order valence-electron chi connectivity index (χ1n) is 4.22. The van der Waals surface area contributed by atoms with Crippen LogP contribution in [0.2, 0.25) is 0 Å². The van der Waals surface area contributed by atoms with E-state index in [-0.39, 0.29) is 5.97 Å². The van der Waals surface area contributed by atoms with E-state index in [4.69, 9.17) is 0 Å². The summed E-state index contributed by atoms with van der Waals surface area (Å²) in [5, 5.41) is 0. The largest absolute Gasteiger partial charge is 0.465 e. The highest BCUT2D eigenvalue weighted by Gasteiger charge is 2.11. The topological polar surface area (TPSA) is 26.3 Å². The molecule has 0 aliphatic heterocycles. The van der Waals surface area contributed by atoms with Gasteiger partial charge in [0.2, 0.25) is 0 Å². The van der Waals surface area contributed by atoms with E-state index in [1.54, 1.807) is 6.07 Å². The molecule has 13 heavy (non-hydrogen) atoms. The van der Waals surface area contributed by atoms with E-state index in [0.717, 1.165) is 17.5 Å². The number of hydrogen-bond acceptors (Lipinski definition) is 2. The number of esters is 1. The molecule has 0 atom stereocenters. The fourth-order valence-corrected chi connectivity index (χ4v) is 1.35. The molecule has 1 radical (unpaired) electrons. The Bertz CT molecular complexity index is 316. The molecule has 0 heterocycles. The third kappa shape index (κ3) is 1.89. The summed E-state index contributed by atoms with van der Waals surface area (Å²) in [6.07, 6.45) is 0.796. The van der Waals surface area contributed by atoms with Crippen molar-refractivity contribution >= 4 is 5.97 Å². The first-order chi connectivity index (χ1) is 6.20. The van der Waals surface area contributed by atoms with Crippen LogP contribution in [0.3, 0.4) is 0 Å². The first kappa shape index (κ1) is 9.78. The summed E-state index contributed by atoms with van der Waals surface area (Å²) in [6.45, 7) is 5.86. The number of benzene rings is 1. The summed E-state index contributed by atoms with van der Waals surface area (Å²) in [7, 11) is 1.39. The van der Waals surface area contributed by atoms with E-state index in [0.29, 0.717) is 5.56 Å². The SMILES string of the molecule is [CH2]c1cccc(C(=O)OC)c1CC. The van der Waals surface area contributed by atoms with Crippen LogP contribution in [0.5, 0.6) is 0 Å². The maximum Gasteiger partial charge on any atom is 0.338 e. The summed E-state index contributed by atoms with van der Waals surface area (Å²) < 4.78 is 4.67. The van der Waals surface area contributed by atoms with Gasteiger partial charge in [-0.2, -0.15) is 0 Å². The van der Waals surface area contributed by atoms with Crippen molar-refractivity contribution < 1.29 is 9.53 Å². The predicted molar refractivity (Wildman–Crippen MR) is 51.6 cm³/mol. The normalized spacial score (nSPS) is 9.77. The van der Waals surface area contributed by atoms with E-state index in [1.165, 1.54) is 7.11 Å². The van der Waals surface area contributed by atoms with Crippen LogP contribution >= 0.6 is 0 Å². The molecule has 0 saturated heterocycles. The monoisotopic (exact) mass is 177 g/mol. The van der Waals surface area contributed by atoms with E-state index in [1.807, 2.05) is 19.1 Å². The van der Waals surface area contributed by atoms with Crippen molar-refractivity contribution in [2.45, 2.75) is 13.3 Å². The minimum Gasteiger partial charge on any atom is -0.465 e. The van der Waals surface area contributed by atoms with E-state index >= 15 is 0 Å². The molecule has 0 aromatic heterocycles. The molecule has 0 fully saturated rings. The van der Waals surface area contributed by atoms with E-state index in [9.17, 15) is 4.79 Å². The minimum absolute atomic E-state index is 0.289. The van der Waals surface area contributed by atoms with Crippen molar-refractivity contribution in [3.05, 3.63) is 41.8 Å². The van der Waals surface area contributed by atoms with Crippen LogP contribution in [0.4, 0.5) is 0 Å². The molecule has 0 amide bonds. The van der Waals surface area contributed by atoms with Crippen molar-refractivity contribution in [3.8, 4) is 0 Å². The molecule has 0 N–H and O–H groups in total. The Balaban J connectivity index is 3.20. The first-order valence-corrected chi connectivity index (χ1v) is 4.22. The summed E-state index contributed by atoms with van der Waals surface area (Å²) in [4.78, 5) is 11.3. The zero-order valence-corrected chi connectivity index (χ0v) is 7.96. The van der Waals surface area contributed by atoms with Gasteiger partial charge in [0, 0.05) is 0 Å². The van der Waals surface area contributed by atoms with Crippen molar-refractivity contribution in [1.82, 2.24) is 0 Å². The maximum absolute atomic E-state index is 11.3. The molecule has 0 saturated carbocycles. The Morgan fingerprint density at radius 2 is 2.23 bits per heavy atom. The number of rotatable bonds is 2. The Kier molecular flexibility index (Phi) is 3.07. The zero-order valence-electron chi connectivity index (χ0n) is 7.96. The fraction of sp³-hybridized carbons (Fsp3) is 0.273. The van der Waals surface area contributed by atoms with Gasteiger partial charge in [-0.05, 0) is 30.5 Å². The standard InChI is InChI=1S/C11H13O2/c1-4-9-8(2)6-5-7-10(9)11(12)13-3/h5-7H,2,4H2,1,3H3. The highest BCUT2D eigenvalue weighted by atomic mass is 16.5. The molecule has 1 aromatic rings. The van der Waals surface area contributed by atoms with Crippen molar-refractivity contribution in [3.63, 3.8) is 0 Å². The van der Waals surface area contributed by atoms with Gasteiger partial charge in [0.05, 0.1) is 12.7 Å². The molecule has 0 aliphatic carbocycles. The lowest BCUT2D eigenvalue weighted by molar-refractivity contribution is 0.0599. The van der Waals surface area contributed by atoms with Gasteiger partial charge in [0.1, 0.15) is 0 Å². The summed E-state index contributed by atoms with van der Waals surface area (Å²) >= 11 is 0. The van der Waals surface area contributed by atoms with Gasteiger partial charge in [-0.25, -0.2) is 4.79 Å². The Morgan fingerprint density at radius 3 is 2.77 bits per heavy atom. The second-order valence-electron chi connectivity index (χ2n) is 2.79. The highest BCUT2D eigenvalue weighted by Crippen LogP contribution is 2.15. The predicted octanol–water partition coefficient (Wildman–Crippen LogP) is 2.22. The Labute approximate surface area is 78.5 Å². The van der Waals surface area contributed by atoms with Crippen LogP contribution in [0.1, 0.15) is 28.4 Å². The van der Waals surface area contributed by atoms with Gasteiger partial charge in [-0.1, -0.05) is 19.1 Å². The van der Waals surface area contributed by atoms with Crippen LogP contribution in [0.25, 0.3) is 0 Å². The average Bonchev–Trinajstić information content (AvgIpc) is 2.16. The van der Waals surface area contributed by atoms with Crippen LogP contribution in [0, 0.1) is 6.92 Å². The van der Waals surface area contributed by atoms with Crippen LogP contribution in [-0.4, -0.2) is 13.1 Å². The molecule has 1 rings (SSSR count). The molecule has 1 aromatic carbocycles. The molecular weight excluding hydrogens is 164 g/mol. The smallest absolute Gasteiger partial charge is 0.338 e. The van der Waals surface area contributed by atoms with E-state index < -0.39 is 0 Å². The molecular formula is C11H13O2. The minimum atomic E-state index is -0.289. The van der Waals surface area contributed by atoms with Gasteiger partial charge in [0.25, 0.3) is 0 Å². The summed E-state index contributed by atoms with van der Waals surface area (Å²) in [6, 6.07) is 5.47. The van der Waals surface area contributed by atoms with Crippen molar-refractivity contribution in [2.75, 3.05) is 7.11 Å². The summed E-state index contributed by atoms with van der Waals surface area (Å²) in [5.74, 6) is -0.289. The third-order valence-corrected chi connectivity index (χ3v) is 2.03. The van der Waals surface area contributed by atoms with Crippen molar-refractivity contribution in [2.24, 2.45) is 0 Å². The number of ether oxygens (including phenoxy) is 1. The fourth-order valence-electron chi connectivity index (χ4n) is 1.35. The molecule has 0 bridgehead atoms. The van der Waals surface area contributed by atoms with Gasteiger partial charge < -0.3 is 4.74 Å². The number of methoxy groups -OCH3 is 1. The lowest BCUT2D eigenvalue weighted by Gasteiger charge is -2.08. The Morgan fingerprint density at radius 1 is 1.54 bits per heavy atom. The molecule has 0 aliphatic rings. The van der Waals surface area contributed by atoms with Crippen LogP contribution < -0.4 is 0 Å². The third-order valence-electron chi connectivity index (χ3n) is 2.03. The molecule has 0 unspecified atom stereocenters. The zero-order chi connectivity index (χ0) is 9.84.